The highest BCUT2D eigenvalue weighted by Crippen LogP contribution is 2.21. The Bertz CT molecular complexity index is 312. The number of benzene rings is 1. The monoisotopic (exact) mass is 273 g/mol. The molecule has 0 spiro atoms. The van der Waals surface area contributed by atoms with Gasteiger partial charge in [0.15, 0.2) is 0 Å². The molecule has 0 atom stereocenters. The first-order chi connectivity index (χ1) is 7.11. The maximum atomic E-state index is 13.2. The van der Waals surface area contributed by atoms with Crippen molar-refractivity contribution in [3.05, 3.63) is 34.1 Å². The average Bonchev–Trinajstić information content (AvgIpc) is 2.18. The van der Waals surface area contributed by atoms with Crippen molar-refractivity contribution >= 4 is 15.9 Å². The van der Waals surface area contributed by atoms with Gasteiger partial charge in [-0.05, 0) is 46.9 Å². The number of rotatable bonds is 5. The normalized spacial score (nSPS) is 11.0. The molecule has 1 rings (SSSR count). The van der Waals surface area contributed by atoms with Gasteiger partial charge in [0.2, 0.25) is 0 Å². The maximum absolute atomic E-state index is 13.2. The van der Waals surface area contributed by atoms with E-state index in [-0.39, 0.29) is 5.82 Å². The van der Waals surface area contributed by atoms with Crippen molar-refractivity contribution in [3.63, 3.8) is 0 Å². The SMILES string of the molecule is CC(C)NCCCc1cccc(F)c1Br. The fourth-order valence-corrected chi connectivity index (χ4v) is 1.87. The summed E-state index contributed by atoms with van der Waals surface area (Å²) >= 11 is 3.27. The van der Waals surface area contributed by atoms with Crippen LogP contribution in [-0.4, -0.2) is 12.6 Å². The van der Waals surface area contributed by atoms with Gasteiger partial charge in [0.05, 0.1) is 4.47 Å². The van der Waals surface area contributed by atoms with E-state index in [9.17, 15) is 4.39 Å². The first-order valence-electron chi connectivity index (χ1n) is 5.27. The first kappa shape index (κ1) is 12.7. The fourth-order valence-electron chi connectivity index (χ4n) is 1.41. The first-order valence-corrected chi connectivity index (χ1v) is 6.07. The van der Waals surface area contributed by atoms with Gasteiger partial charge < -0.3 is 5.32 Å². The Balaban J connectivity index is 2.41. The minimum Gasteiger partial charge on any atom is -0.315 e. The summed E-state index contributed by atoms with van der Waals surface area (Å²) < 4.78 is 13.8. The van der Waals surface area contributed by atoms with Gasteiger partial charge in [-0.3, -0.25) is 0 Å². The quantitative estimate of drug-likeness (QED) is 0.810. The second-order valence-corrected chi connectivity index (χ2v) is 4.72. The van der Waals surface area contributed by atoms with Gasteiger partial charge >= 0.3 is 0 Å². The molecular weight excluding hydrogens is 257 g/mol. The molecular formula is C12H17BrFN. The van der Waals surface area contributed by atoms with Crippen LogP contribution in [-0.2, 0) is 6.42 Å². The van der Waals surface area contributed by atoms with E-state index >= 15 is 0 Å². The Morgan fingerprint density at radius 2 is 2.13 bits per heavy atom. The van der Waals surface area contributed by atoms with Crippen LogP contribution in [0.4, 0.5) is 4.39 Å². The summed E-state index contributed by atoms with van der Waals surface area (Å²) in [5.41, 5.74) is 1.04. The summed E-state index contributed by atoms with van der Waals surface area (Å²) in [7, 11) is 0. The lowest BCUT2D eigenvalue weighted by atomic mass is 10.1. The number of hydrogen-bond donors (Lipinski definition) is 1. The van der Waals surface area contributed by atoms with Gasteiger partial charge in [-0.1, -0.05) is 26.0 Å². The van der Waals surface area contributed by atoms with E-state index in [2.05, 4.69) is 35.1 Å². The van der Waals surface area contributed by atoms with Crippen molar-refractivity contribution < 1.29 is 4.39 Å². The molecule has 0 aliphatic heterocycles. The number of aryl methyl sites for hydroxylation is 1. The lowest BCUT2D eigenvalue weighted by Crippen LogP contribution is -2.23. The van der Waals surface area contributed by atoms with E-state index in [4.69, 9.17) is 0 Å². The fraction of sp³-hybridized carbons (Fsp3) is 0.500. The number of nitrogens with one attached hydrogen (secondary N) is 1. The van der Waals surface area contributed by atoms with Crippen LogP contribution >= 0.6 is 15.9 Å². The van der Waals surface area contributed by atoms with Crippen LogP contribution in [0.1, 0.15) is 25.8 Å². The summed E-state index contributed by atoms with van der Waals surface area (Å²) in [6.07, 6.45) is 1.93. The standard InChI is InChI=1S/C12H17BrFN/c1-9(2)15-8-4-6-10-5-3-7-11(14)12(10)13/h3,5,7,9,15H,4,6,8H2,1-2H3. The molecule has 0 unspecified atom stereocenters. The second-order valence-electron chi connectivity index (χ2n) is 3.93. The van der Waals surface area contributed by atoms with Crippen LogP contribution in [0.15, 0.2) is 22.7 Å². The number of hydrogen-bond acceptors (Lipinski definition) is 1. The highest BCUT2D eigenvalue weighted by Gasteiger charge is 2.04. The molecule has 0 aliphatic rings. The zero-order chi connectivity index (χ0) is 11.3. The molecule has 0 heterocycles. The zero-order valence-electron chi connectivity index (χ0n) is 9.19. The van der Waals surface area contributed by atoms with E-state index in [0.29, 0.717) is 10.5 Å². The minimum atomic E-state index is -0.177. The third-order valence-electron chi connectivity index (χ3n) is 2.21. The van der Waals surface area contributed by atoms with Gasteiger partial charge in [-0.15, -0.1) is 0 Å². The Labute approximate surface area is 99.2 Å². The summed E-state index contributed by atoms with van der Waals surface area (Å²) in [4.78, 5) is 0. The largest absolute Gasteiger partial charge is 0.315 e. The molecule has 0 fully saturated rings. The predicted octanol–water partition coefficient (Wildman–Crippen LogP) is 3.52. The molecule has 0 aliphatic carbocycles. The van der Waals surface area contributed by atoms with E-state index in [0.717, 1.165) is 24.9 Å². The molecule has 0 bridgehead atoms. The molecule has 1 nitrogen and oxygen atoms in total. The van der Waals surface area contributed by atoms with Crippen molar-refractivity contribution in [3.8, 4) is 0 Å². The van der Waals surface area contributed by atoms with Crippen LogP contribution < -0.4 is 5.32 Å². The van der Waals surface area contributed by atoms with Gasteiger partial charge in [-0.25, -0.2) is 4.39 Å². The highest BCUT2D eigenvalue weighted by atomic mass is 79.9. The van der Waals surface area contributed by atoms with E-state index in [1.165, 1.54) is 6.07 Å². The molecule has 84 valence electrons. The van der Waals surface area contributed by atoms with Crippen LogP contribution in [0.3, 0.4) is 0 Å². The van der Waals surface area contributed by atoms with Gasteiger partial charge in [0.25, 0.3) is 0 Å². The molecule has 1 aromatic carbocycles. The Morgan fingerprint density at radius 1 is 1.40 bits per heavy atom. The van der Waals surface area contributed by atoms with Gasteiger partial charge in [-0.2, -0.15) is 0 Å². The molecule has 0 saturated carbocycles. The summed E-state index contributed by atoms with van der Waals surface area (Å²) in [5.74, 6) is -0.177. The van der Waals surface area contributed by atoms with Gasteiger partial charge in [0.1, 0.15) is 5.82 Å². The van der Waals surface area contributed by atoms with E-state index in [1.807, 2.05) is 6.07 Å². The Hall–Kier alpha value is -0.410. The third-order valence-corrected chi connectivity index (χ3v) is 3.10. The zero-order valence-corrected chi connectivity index (χ0v) is 10.8. The van der Waals surface area contributed by atoms with Crippen molar-refractivity contribution in [2.75, 3.05) is 6.54 Å². The molecule has 0 radical (unpaired) electrons. The molecule has 0 saturated heterocycles. The van der Waals surface area contributed by atoms with Crippen LogP contribution in [0.2, 0.25) is 0 Å². The smallest absolute Gasteiger partial charge is 0.137 e. The van der Waals surface area contributed by atoms with E-state index in [1.54, 1.807) is 6.07 Å². The van der Waals surface area contributed by atoms with Gasteiger partial charge in [0, 0.05) is 6.04 Å². The molecule has 1 N–H and O–H groups in total. The molecule has 1 aromatic rings. The van der Waals surface area contributed by atoms with Crippen molar-refractivity contribution in [1.29, 1.82) is 0 Å². The lowest BCUT2D eigenvalue weighted by Gasteiger charge is -2.08. The second kappa shape index (κ2) is 6.23. The van der Waals surface area contributed by atoms with Crippen LogP contribution in [0.5, 0.6) is 0 Å². The van der Waals surface area contributed by atoms with E-state index < -0.39 is 0 Å². The lowest BCUT2D eigenvalue weighted by molar-refractivity contribution is 0.568. The summed E-state index contributed by atoms with van der Waals surface area (Å²) in [6, 6.07) is 5.70. The molecule has 15 heavy (non-hydrogen) atoms. The maximum Gasteiger partial charge on any atom is 0.137 e. The Morgan fingerprint density at radius 3 is 2.80 bits per heavy atom. The summed E-state index contributed by atoms with van der Waals surface area (Å²) in [5, 5.41) is 3.34. The molecule has 0 amide bonds. The number of halogens is 2. The van der Waals surface area contributed by atoms with Crippen molar-refractivity contribution in [2.45, 2.75) is 32.7 Å². The topological polar surface area (TPSA) is 12.0 Å². The van der Waals surface area contributed by atoms with Crippen LogP contribution in [0.25, 0.3) is 0 Å². The average molecular weight is 274 g/mol. The third kappa shape index (κ3) is 4.31. The Kier molecular flexibility index (Phi) is 5.26. The van der Waals surface area contributed by atoms with Crippen LogP contribution in [0, 0.1) is 5.82 Å². The van der Waals surface area contributed by atoms with Crippen molar-refractivity contribution in [1.82, 2.24) is 5.32 Å². The molecule has 0 aromatic heterocycles. The molecule has 3 heteroatoms. The minimum absolute atomic E-state index is 0.177. The predicted molar refractivity (Wildman–Crippen MR) is 65.6 cm³/mol. The van der Waals surface area contributed by atoms with Crippen molar-refractivity contribution in [2.24, 2.45) is 0 Å². The highest BCUT2D eigenvalue weighted by molar-refractivity contribution is 9.10. The summed E-state index contributed by atoms with van der Waals surface area (Å²) in [6.45, 7) is 5.22.